The van der Waals surface area contributed by atoms with Crippen LogP contribution >= 0.6 is 23.1 Å². The Morgan fingerprint density at radius 3 is 2.74 bits per heavy atom. The molecule has 0 bridgehead atoms. The zero-order chi connectivity index (χ0) is 19.2. The molecule has 1 aliphatic rings. The second-order valence-corrected chi connectivity index (χ2v) is 10.1. The molecule has 142 valence electrons. The quantitative estimate of drug-likeness (QED) is 0.454. The first-order chi connectivity index (χ1) is 12.9. The number of nitrogens with zero attached hydrogens (tertiary/aromatic N) is 2. The van der Waals surface area contributed by atoms with Crippen molar-refractivity contribution >= 4 is 33.3 Å². The Hall–Kier alpha value is -1.63. The molecule has 3 aromatic rings. The average Bonchev–Trinajstić information content (AvgIpc) is 2.97. The number of hydrogen-bond acceptors (Lipinski definition) is 5. The highest BCUT2D eigenvalue weighted by atomic mass is 32.2. The van der Waals surface area contributed by atoms with Crippen molar-refractivity contribution in [2.24, 2.45) is 5.92 Å². The van der Waals surface area contributed by atoms with Gasteiger partial charge >= 0.3 is 0 Å². The third kappa shape index (κ3) is 3.58. The van der Waals surface area contributed by atoms with Crippen LogP contribution in [0.3, 0.4) is 0 Å². The number of aromatic nitrogens is 2. The zero-order valence-electron chi connectivity index (χ0n) is 16.1. The highest BCUT2D eigenvalue weighted by Gasteiger charge is 2.31. The normalized spacial score (nSPS) is 16.0. The number of benzene rings is 1. The second-order valence-electron chi connectivity index (χ2n) is 7.98. The summed E-state index contributed by atoms with van der Waals surface area (Å²) in [5.41, 5.74) is 1.77. The van der Waals surface area contributed by atoms with Crippen LogP contribution in [0.15, 0.2) is 40.3 Å². The van der Waals surface area contributed by atoms with Gasteiger partial charge in [0.2, 0.25) is 0 Å². The Labute approximate surface area is 167 Å². The minimum Gasteiger partial charge on any atom is -0.370 e. The Morgan fingerprint density at radius 1 is 1.30 bits per heavy atom. The summed E-state index contributed by atoms with van der Waals surface area (Å²) in [7, 11) is 0. The maximum atomic E-state index is 13.6. The van der Waals surface area contributed by atoms with E-state index >= 15 is 0 Å². The molecule has 27 heavy (non-hydrogen) atoms. The van der Waals surface area contributed by atoms with E-state index in [4.69, 9.17) is 9.72 Å². The summed E-state index contributed by atoms with van der Waals surface area (Å²) in [6, 6.07) is 9.83. The summed E-state index contributed by atoms with van der Waals surface area (Å²) in [5, 5.41) is 1.54. The lowest BCUT2D eigenvalue weighted by Crippen LogP contribution is -2.32. The lowest BCUT2D eigenvalue weighted by Gasteiger charge is -2.29. The van der Waals surface area contributed by atoms with Crippen molar-refractivity contribution in [2.75, 3.05) is 5.75 Å². The Kier molecular flexibility index (Phi) is 4.91. The largest absolute Gasteiger partial charge is 0.370 e. The molecule has 1 aliphatic heterocycles. The van der Waals surface area contributed by atoms with Crippen LogP contribution in [-0.2, 0) is 17.8 Å². The van der Waals surface area contributed by atoms with E-state index in [0.717, 1.165) is 43.7 Å². The molecule has 6 heteroatoms. The van der Waals surface area contributed by atoms with E-state index in [-0.39, 0.29) is 11.2 Å². The van der Waals surface area contributed by atoms with Crippen LogP contribution in [0.1, 0.15) is 38.1 Å². The predicted octanol–water partition coefficient (Wildman–Crippen LogP) is 5.05. The van der Waals surface area contributed by atoms with E-state index < -0.39 is 0 Å². The van der Waals surface area contributed by atoms with Crippen LogP contribution in [-0.4, -0.2) is 20.9 Å². The van der Waals surface area contributed by atoms with Gasteiger partial charge in [-0.3, -0.25) is 9.36 Å². The van der Waals surface area contributed by atoms with Gasteiger partial charge in [0.1, 0.15) is 4.83 Å². The number of fused-ring (bicyclic) bond motifs is 3. The highest BCUT2D eigenvalue weighted by molar-refractivity contribution is 7.99. The Balaban J connectivity index is 1.96. The van der Waals surface area contributed by atoms with Crippen molar-refractivity contribution in [1.82, 2.24) is 9.55 Å². The molecule has 0 unspecified atom stereocenters. The lowest BCUT2D eigenvalue weighted by molar-refractivity contribution is -0.0379. The monoisotopic (exact) mass is 400 g/mol. The van der Waals surface area contributed by atoms with Crippen LogP contribution in [0.25, 0.3) is 15.9 Å². The fourth-order valence-corrected chi connectivity index (χ4v) is 5.42. The molecule has 4 rings (SSSR count). The first kappa shape index (κ1) is 18.7. The number of ether oxygens (including phenoxy) is 1. The summed E-state index contributed by atoms with van der Waals surface area (Å²) in [4.78, 5) is 20.5. The fourth-order valence-electron chi connectivity index (χ4n) is 3.32. The van der Waals surface area contributed by atoms with E-state index in [1.165, 1.54) is 0 Å². The van der Waals surface area contributed by atoms with E-state index in [9.17, 15) is 4.79 Å². The lowest BCUT2D eigenvalue weighted by atomic mass is 9.94. The van der Waals surface area contributed by atoms with Crippen molar-refractivity contribution in [3.8, 4) is 5.69 Å². The molecule has 2 aromatic heterocycles. The predicted molar refractivity (Wildman–Crippen MR) is 113 cm³/mol. The minimum atomic E-state index is -0.254. The average molecular weight is 401 g/mol. The minimum absolute atomic E-state index is 0.0349. The van der Waals surface area contributed by atoms with E-state index in [0.29, 0.717) is 12.5 Å². The molecule has 3 heterocycles. The molecule has 4 nitrogen and oxygen atoms in total. The van der Waals surface area contributed by atoms with Gasteiger partial charge in [0.05, 0.1) is 23.3 Å². The molecule has 0 fully saturated rings. The standard InChI is InChI=1S/C21H24N2O2S2/c1-13(2)12-26-20-22-18-17(15-10-21(3,4)25-11-16(15)27-18)19(24)23(20)14-8-6-5-7-9-14/h5-9,13H,10-12H2,1-4H3. The van der Waals surface area contributed by atoms with Gasteiger partial charge in [0.15, 0.2) is 5.16 Å². The molecule has 0 aliphatic carbocycles. The summed E-state index contributed by atoms with van der Waals surface area (Å²) in [6.07, 6.45) is 0.743. The molecule has 0 N–H and O–H groups in total. The third-order valence-corrected chi connectivity index (χ3v) is 7.10. The molecule has 0 spiro atoms. The third-order valence-electron chi connectivity index (χ3n) is 4.63. The molecule has 0 saturated heterocycles. The molecular weight excluding hydrogens is 376 g/mol. The first-order valence-electron chi connectivity index (χ1n) is 9.25. The summed E-state index contributed by atoms with van der Waals surface area (Å²) >= 11 is 3.26. The summed E-state index contributed by atoms with van der Waals surface area (Å²) in [5.74, 6) is 1.45. The van der Waals surface area contributed by atoms with Crippen LogP contribution < -0.4 is 5.56 Å². The van der Waals surface area contributed by atoms with Gasteiger partial charge in [-0.1, -0.05) is 43.8 Å². The van der Waals surface area contributed by atoms with Crippen molar-refractivity contribution < 1.29 is 4.74 Å². The van der Waals surface area contributed by atoms with Gasteiger partial charge in [0, 0.05) is 17.1 Å². The van der Waals surface area contributed by atoms with Gasteiger partial charge in [-0.15, -0.1) is 11.3 Å². The van der Waals surface area contributed by atoms with Crippen LogP contribution in [0.5, 0.6) is 0 Å². The van der Waals surface area contributed by atoms with Crippen LogP contribution in [0.2, 0.25) is 0 Å². The van der Waals surface area contributed by atoms with Crippen molar-refractivity contribution in [1.29, 1.82) is 0 Å². The van der Waals surface area contributed by atoms with Crippen LogP contribution in [0.4, 0.5) is 0 Å². The molecule has 0 amide bonds. The molecular formula is C21H24N2O2S2. The topological polar surface area (TPSA) is 44.1 Å². The maximum Gasteiger partial charge on any atom is 0.267 e. The maximum absolute atomic E-state index is 13.6. The number of thiophene rings is 1. The summed E-state index contributed by atoms with van der Waals surface area (Å²) in [6.45, 7) is 9.08. The van der Waals surface area contributed by atoms with E-state index in [1.807, 2.05) is 30.3 Å². The Bertz CT molecular complexity index is 1040. The number of hydrogen-bond donors (Lipinski definition) is 0. The van der Waals surface area contributed by atoms with Crippen molar-refractivity contribution in [2.45, 2.75) is 51.5 Å². The fraction of sp³-hybridized carbons (Fsp3) is 0.429. The van der Waals surface area contributed by atoms with Gasteiger partial charge < -0.3 is 4.74 Å². The van der Waals surface area contributed by atoms with Gasteiger partial charge in [-0.05, 0) is 37.5 Å². The molecule has 1 aromatic carbocycles. The Morgan fingerprint density at radius 2 is 2.04 bits per heavy atom. The summed E-state index contributed by atoms with van der Waals surface area (Å²) < 4.78 is 7.74. The molecule has 0 saturated carbocycles. The van der Waals surface area contributed by atoms with Crippen LogP contribution in [0, 0.1) is 5.92 Å². The molecule has 0 atom stereocenters. The zero-order valence-corrected chi connectivity index (χ0v) is 17.7. The smallest absolute Gasteiger partial charge is 0.267 e. The first-order valence-corrected chi connectivity index (χ1v) is 11.1. The SMILES string of the molecule is CC(C)CSc1nc2sc3c(c2c(=O)n1-c1ccccc1)CC(C)(C)OC3. The molecule has 0 radical (unpaired) electrons. The van der Waals surface area contributed by atoms with Crippen molar-refractivity contribution in [3.63, 3.8) is 0 Å². The number of para-hydroxylation sites is 1. The number of rotatable bonds is 4. The van der Waals surface area contributed by atoms with E-state index in [2.05, 4.69) is 27.7 Å². The highest BCUT2D eigenvalue weighted by Crippen LogP contribution is 2.38. The van der Waals surface area contributed by atoms with Gasteiger partial charge in [0.25, 0.3) is 5.56 Å². The second kappa shape index (κ2) is 7.08. The number of thioether (sulfide) groups is 1. The van der Waals surface area contributed by atoms with Gasteiger partial charge in [-0.25, -0.2) is 4.98 Å². The van der Waals surface area contributed by atoms with E-state index in [1.54, 1.807) is 27.7 Å². The van der Waals surface area contributed by atoms with Gasteiger partial charge in [-0.2, -0.15) is 0 Å². The van der Waals surface area contributed by atoms with Crippen molar-refractivity contribution in [3.05, 3.63) is 51.1 Å².